The van der Waals surface area contributed by atoms with Crippen molar-refractivity contribution in [3.8, 4) is 0 Å². The molecular formula is C16H25N3O3S. The van der Waals surface area contributed by atoms with Crippen LogP contribution >= 0.6 is 11.3 Å². The van der Waals surface area contributed by atoms with Crippen LogP contribution in [-0.4, -0.2) is 55.0 Å². The molecule has 1 N–H and O–H groups in total. The summed E-state index contributed by atoms with van der Waals surface area (Å²) in [6.07, 6.45) is 3.33. The van der Waals surface area contributed by atoms with Gasteiger partial charge in [0.25, 0.3) is 0 Å². The Balaban J connectivity index is 1.86. The maximum absolute atomic E-state index is 12.0. The molecule has 2 amide bonds. The predicted molar refractivity (Wildman–Crippen MR) is 89.5 cm³/mol. The topological polar surface area (TPSA) is 71.5 Å². The number of hydrogen-bond donors (Lipinski definition) is 1. The molecule has 1 saturated heterocycles. The monoisotopic (exact) mass is 339 g/mol. The second kappa shape index (κ2) is 8.98. The van der Waals surface area contributed by atoms with Gasteiger partial charge in [-0.2, -0.15) is 0 Å². The molecule has 1 aromatic rings. The number of amides is 2. The Hall–Kier alpha value is -1.47. The van der Waals surface area contributed by atoms with Crippen LogP contribution < -0.4 is 5.32 Å². The third-order valence-corrected chi connectivity index (χ3v) is 5.04. The number of nitrogens with zero attached hydrogens (tertiary/aromatic N) is 2. The molecule has 128 valence electrons. The van der Waals surface area contributed by atoms with Gasteiger partial charge in [0.05, 0.1) is 10.7 Å². The van der Waals surface area contributed by atoms with Crippen molar-refractivity contribution in [1.82, 2.24) is 15.2 Å². The fourth-order valence-electron chi connectivity index (χ4n) is 2.70. The van der Waals surface area contributed by atoms with Crippen LogP contribution in [0.25, 0.3) is 0 Å². The van der Waals surface area contributed by atoms with Gasteiger partial charge in [-0.25, -0.2) is 4.98 Å². The number of likely N-dealkylation sites (tertiary alicyclic amines) is 1. The lowest BCUT2D eigenvalue weighted by Crippen LogP contribution is -2.40. The van der Waals surface area contributed by atoms with Crippen molar-refractivity contribution in [3.63, 3.8) is 0 Å². The molecule has 2 heterocycles. The van der Waals surface area contributed by atoms with E-state index in [0.717, 1.165) is 43.1 Å². The van der Waals surface area contributed by atoms with E-state index in [4.69, 9.17) is 9.72 Å². The Labute approximate surface area is 141 Å². The number of carbonyl (C=O) groups is 2. The number of rotatable bonds is 7. The quantitative estimate of drug-likeness (QED) is 0.818. The minimum absolute atomic E-state index is 0.0521. The first kappa shape index (κ1) is 17.9. The van der Waals surface area contributed by atoms with Gasteiger partial charge in [-0.15, -0.1) is 11.3 Å². The van der Waals surface area contributed by atoms with Crippen LogP contribution in [-0.2, 0) is 20.7 Å². The molecule has 7 heteroatoms. The first-order chi connectivity index (χ1) is 11.1. The lowest BCUT2D eigenvalue weighted by Gasteiger charge is -2.31. The molecule has 0 saturated carbocycles. The number of hydrogen-bond acceptors (Lipinski definition) is 5. The minimum atomic E-state index is 0.0521. The Morgan fingerprint density at radius 1 is 1.52 bits per heavy atom. The summed E-state index contributed by atoms with van der Waals surface area (Å²) in [6.45, 7) is 4.14. The maximum atomic E-state index is 12.0. The summed E-state index contributed by atoms with van der Waals surface area (Å²) < 4.78 is 4.94. The summed E-state index contributed by atoms with van der Waals surface area (Å²) >= 11 is 1.65. The van der Waals surface area contributed by atoms with Crippen LogP contribution in [0.1, 0.15) is 42.8 Å². The van der Waals surface area contributed by atoms with E-state index >= 15 is 0 Å². The summed E-state index contributed by atoms with van der Waals surface area (Å²) in [5.74, 6) is 0.435. The van der Waals surface area contributed by atoms with Crippen LogP contribution in [0.4, 0.5) is 0 Å². The molecule has 2 rings (SSSR count). The standard InChI is InChI=1S/C16H25N3O3S/c1-3-14(20)17-7-6-13-11-23-16(18-13)12-5-4-8-19(9-12)15(21)10-22-2/h11-12H,3-10H2,1-2H3,(H,17,20)/t12-/m1/s1. The summed E-state index contributed by atoms with van der Waals surface area (Å²) in [4.78, 5) is 29.8. The van der Waals surface area contributed by atoms with Crippen molar-refractivity contribution in [2.24, 2.45) is 0 Å². The highest BCUT2D eigenvalue weighted by Crippen LogP contribution is 2.29. The zero-order valence-electron chi connectivity index (χ0n) is 13.8. The molecule has 23 heavy (non-hydrogen) atoms. The lowest BCUT2D eigenvalue weighted by atomic mass is 9.98. The van der Waals surface area contributed by atoms with E-state index in [0.29, 0.717) is 18.9 Å². The number of piperidine rings is 1. The van der Waals surface area contributed by atoms with E-state index in [2.05, 4.69) is 10.7 Å². The van der Waals surface area contributed by atoms with Crippen LogP contribution in [0.2, 0.25) is 0 Å². The zero-order valence-corrected chi connectivity index (χ0v) is 14.7. The number of methoxy groups -OCH3 is 1. The van der Waals surface area contributed by atoms with Gasteiger partial charge < -0.3 is 15.0 Å². The highest BCUT2D eigenvalue weighted by molar-refractivity contribution is 7.09. The number of carbonyl (C=O) groups excluding carboxylic acids is 2. The van der Waals surface area contributed by atoms with E-state index in [1.807, 2.05) is 11.8 Å². The van der Waals surface area contributed by atoms with E-state index in [1.54, 1.807) is 18.4 Å². The number of aromatic nitrogens is 1. The largest absolute Gasteiger partial charge is 0.375 e. The first-order valence-electron chi connectivity index (χ1n) is 8.11. The van der Waals surface area contributed by atoms with Gasteiger partial charge in [-0.3, -0.25) is 9.59 Å². The third-order valence-electron chi connectivity index (χ3n) is 3.99. The summed E-state index contributed by atoms with van der Waals surface area (Å²) in [5, 5.41) is 6.02. The molecule has 1 aliphatic heterocycles. The highest BCUT2D eigenvalue weighted by atomic mass is 32.1. The molecule has 0 radical (unpaired) electrons. The van der Waals surface area contributed by atoms with Gasteiger partial charge in [0.2, 0.25) is 11.8 Å². The van der Waals surface area contributed by atoms with Crippen molar-refractivity contribution in [1.29, 1.82) is 0 Å². The third kappa shape index (κ3) is 5.28. The van der Waals surface area contributed by atoms with E-state index in [1.165, 1.54) is 0 Å². The van der Waals surface area contributed by atoms with Gasteiger partial charge in [-0.1, -0.05) is 6.92 Å². The normalized spacial score (nSPS) is 18.0. The summed E-state index contributed by atoms with van der Waals surface area (Å²) in [6, 6.07) is 0. The van der Waals surface area contributed by atoms with E-state index in [-0.39, 0.29) is 18.4 Å². The zero-order chi connectivity index (χ0) is 16.7. The van der Waals surface area contributed by atoms with Crippen molar-refractivity contribution < 1.29 is 14.3 Å². The van der Waals surface area contributed by atoms with Crippen molar-refractivity contribution >= 4 is 23.2 Å². The fourth-order valence-corrected chi connectivity index (χ4v) is 3.68. The number of nitrogens with one attached hydrogen (secondary N) is 1. The van der Waals surface area contributed by atoms with Crippen molar-refractivity contribution in [2.75, 3.05) is 33.4 Å². The van der Waals surface area contributed by atoms with Gasteiger partial charge >= 0.3 is 0 Å². The number of thiazole rings is 1. The van der Waals surface area contributed by atoms with Gasteiger partial charge in [-0.05, 0) is 12.8 Å². The lowest BCUT2D eigenvalue weighted by molar-refractivity contribution is -0.136. The second-order valence-electron chi connectivity index (χ2n) is 5.74. The Morgan fingerprint density at radius 2 is 2.35 bits per heavy atom. The maximum Gasteiger partial charge on any atom is 0.248 e. The Bertz CT molecular complexity index is 532. The average Bonchev–Trinajstić information content (AvgIpc) is 3.04. The predicted octanol–water partition coefficient (Wildman–Crippen LogP) is 1.56. The Kier molecular flexibility index (Phi) is 6.98. The molecule has 1 atom stereocenters. The van der Waals surface area contributed by atoms with Gasteiger partial charge in [0.1, 0.15) is 6.61 Å². The molecule has 0 bridgehead atoms. The molecule has 0 spiro atoms. The minimum Gasteiger partial charge on any atom is -0.375 e. The second-order valence-corrected chi connectivity index (χ2v) is 6.63. The first-order valence-corrected chi connectivity index (χ1v) is 8.99. The number of ether oxygens (including phenoxy) is 1. The molecule has 1 aliphatic rings. The SMILES string of the molecule is CCC(=O)NCCc1csc([C@@H]2CCCN(C(=O)COC)C2)n1. The van der Waals surface area contributed by atoms with Crippen LogP contribution in [0.5, 0.6) is 0 Å². The molecule has 0 aromatic carbocycles. The van der Waals surface area contributed by atoms with Gasteiger partial charge in [0, 0.05) is 50.9 Å². The summed E-state index contributed by atoms with van der Waals surface area (Å²) in [5.41, 5.74) is 1.02. The molecule has 0 aliphatic carbocycles. The van der Waals surface area contributed by atoms with Crippen molar-refractivity contribution in [3.05, 3.63) is 16.1 Å². The molecular weight excluding hydrogens is 314 g/mol. The average molecular weight is 339 g/mol. The summed E-state index contributed by atoms with van der Waals surface area (Å²) in [7, 11) is 1.55. The molecule has 0 unspecified atom stereocenters. The van der Waals surface area contributed by atoms with Crippen molar-refractivity contribution in [2.45, 2.75) is 38.5 Å². The molecule has 1 fully saturated rings. The van der Waals surface area contributed by atoms with E-state index in [9.17, 15) is 9.59 Å². The molecule has 6 nitrogen and oxygen atoms in total. The smallest absolute Gasteiger partial charge is 0.248 e. The van der Waals surface area contributed by atoms with Crippen LogP contribution in [0.3, 0.4) is 0 Å². The fraction of sp³-hybridized carbons (Fsp3) is 0.688. The van der Waals surface area contributed by atoms with E-state index < -0.39 is 0 Å². The van der Waals surface area contributed by atoms with Crippen LogP contribution in [0.15, 0.2) is 5.38 Å². The Morgan fingerprint density at radius 3 is 3.09 bits per heavy atom. The van der Waals surface area contributed by atoms with Gasteiger partial charge in [0.15, 0.2) is 0 Å². The highest BCUT2D eigenvalue weighted by Gasteiger charge is 2.26. The molecule has 1 aromatic heterocycles. The van der Waals surface area contributed by atoms with Crippen LogP contribution in [0, 0.1) is 0 Å².